The van der Waals surface area contributed by atoms with Crippen LogP contribution < -0.4 is 5.32 Å². The highest BCUT2D eigenvalue weighted by Gasteiger charge is 2.23. The molecule has 0 bridgehead atoms. The number of thiophene rings is 1. The molecule has 0 amide bonds. The summed E-state index contributed by atoms with van der Waals surface area (Å²) in [5.74, 6) is 0. The number of hydrogen-bond acceptors (Lipinski definition) is 4. The van der Waals surface area contributed by atoms with Crippen molar-refractivity contribution in [2.24, 2.45) is 0 Å². The van der Waals surface area contributed by atoms with Crippen LogP contribution in [0.4, 0.5) is 0 Å². The molecule has 1 aliphatic carbocycles. The molecule has 1 aromatic rings. The van der Waals surface area contributed by atoms with Gasteiger partial charge >= 0.3 is 0 Å². The van der Waals surface area contributed by atoms with E-state index in [4.69, 9.17) is 0 Å². The molecule has 0 atom stereocenters. The third-order valence-corrected chi connectivity index (χ3v) is 5.94. The monoisotopic (exact) mass is 288 g/mol. The van der Waals surface area contributed by atoms with Crippen LogP contribution in [0.3, 0.4) is 0 Å². The van der Waals surface area contributed by atoms with Gasteiger partial charge in [-0.05, 0) is 25.3 Å². The van der Waals surface area contributed by atoms with E-state index >= 15 is 0 Å². The lowest BCUT2D eigenvalue weighted by Crippen LogP contribution is -2.27. The summed E-state index contributed by atoms with van der Waals surface area (Å²) in [6.07, 6.45) is 3.32. The first-order valence-corrected chi connectivity index (χ1v) is 8.63. The summed E-state index contributed by atoms with van der Waals surface area (Å²) in [6, 6.07) is 2.44. The second-order valence-electron chi connectivity index (χ2n) is 4.73. The highest BCUT2D eigenvalue weighted by molar-refractivity contribution is 7.89. The molecule has 1 saturated carbocycles. The molecule has 0 spiro atoms. The van der Waals surface area contributed by atoms with Crippen molar-refractivity contribution in [2.45, 2.75) is 43.7 Å². The standard InChI is InChI=1S/C12H20N2O2S2/c1-3-6-14(2)18(15,16)12-7-11(17-9-12)8-13-10-4-5-10/h7,9-10,13H,3-6,8H2,1-2H3. The maximum atomic E-state index is 12.2. The smallest absolute Gasteiger partial charge is 0.243 e. The van der Waals surface area contributed by atoms with E-state index in [-0.39, 0.29) is 0 Å². The number of rotatable bonds is 7. The highest BCUT2D eigenvalue weighted by Crippen LogP contribution is 2.24. The molecule has 0 aromatic carbocycles. The molecule has 1 fully saturated rings. The van der Waals surface area contributed by atoms with Crippen LogP contribution in [0.25, 0.3) is 0 Å². The summed E-state index contributed by atoms with van der Waals surface area (Å²) < 4.78 is 25.8. The van der Waals surface area contributed by atoms with Gasteiger partial charge in [-0.25, -0.2) is 12.7 Å². The quantitative estimate of drug-likeness (QED) is 0.835. The molecule has 4 nitrogen and oxygen atoms in total. The van der Waals surface area contributed by atoms with Crippen LogP contribution in [0.1, 0.15) is 31.1 Å². The van der Waals surface area contributed by atoms with Crippen molar-refractivity contribution in [1.29, 1.82) is 0 Å². The number of hydrogen-bond donors (Lipinski definition) is 1. The van der Waals surface area contributed by atoms with Gasteiger partial charge in [0.25, 0.3) is 0 Å². The second-order valence-corrected chi connectivity index (χ2v) is 7.77. The Morgan fingerprint density at radius 2 is 2.22 bits per heavy atom. The Hall–Kier alpha value is -0.430. The van der Waals surface area contributed by atoms with E-state index in [0.29, 0.717) is 17.5 Å². The molecule has 18 heavy (non-hydrogen) atoms. The molecule has 1 heterocycles. The fourth-order valence-corrected chi connectivity index (χ4v) is 4.21. The minimum Gasteiger partial charge on any atom is -0.309 e. The van der Waals surface area contributed by atoms with Crippen molar-refractivity contribution in [3.05, 3.63) is 16.3 Å². The Kier molecular flexibility index (Phi) is 4.42. The Morgan fingerprint density at radius 1 is 1.50 bits per heavy atom. The average molecular weight is 288 g/mol. The van der Waals surface area contributed by atoms with Gasteiger partial charge in [-0.15, -0.1) is 11.3 Å². The molecule has 1 aromatic heterocycles. The fraction of sp³-hybridized carbons (Fsp3) is 0.667. The molecule has 1 N–H and O–H groups in total. The van der Waals surface area contributed by atoms with E-state index in [1.54, 1.807) is 18.5 Å². The zero-order valence-electron chi connectivity index (χ0n) is 10.8. The minimum absolute atomic E-state index is 0.427. The van der Waals surface area contributed by atoms with Crippen LogP contribution in [0, 0.1) is 0 Å². The Bertz CT molecular complexity index is 492. The van der Waals surface area contributed by atoms with Crippen LogP contribution >= 0.6 is 11.3 Å². The zero-order chi connectivity index (χ0) is 13.2. The van der Waals surface area contributed by atoms with Crippen molar-refractivity contribution < 1.29 is 8.42 Å². The van der Waals surface area contributed by atoms with Gasteiger partial charge in [-0.1, -0.05) is 6.92 Å². The van der Waals surface area contributed by atoms with E-state index < -0.39 is 10.0 Å². The molecule has 2 rings (SSSR count). The van der Waals surface area contributed by atoms with E-state index in [1.807, 2.05) is 6.92 Å². The van der Waals surface area contributed by atoms with Crippen LogP contribution in [0.2, 0.25) is 0 Å². The molecule has 0 radical (unpaired) electrons. The molecule has 0 unspecified atom stereocenters. The molecule has 102 valence electrons. The summed E-state index contributed by atoms with van der Waals surface area (Å²) >= 11 is 1.51. The van der Waals surface area contributed by atoms with Crippen LogP contribution in [0.5, 0.6) is 0 Å². The summed E-state index contributed by atoms with van der Waals surface area (Å²) in [5.41, 5.74) is 0. The Labute approximate surface area is 113 Å². The molecule has 6 heteroatoms. The summed E-state index contributed by atoms with van der Waals surface area (Å²) in [6.45, 7) is 3.32. The zero-order valence-corrected chi connectivity index (χ0v) is 12.5. The summed E-state index contributed by atoms with van der Waals surface area (Å²) in [4.78, 5) is 1.52. The van der Waals surface area contributed by atoms with Gasteiger partial charge < -0.3 is 5.32 Å². The van der Waals surface area contributed by atoms with E-state index in [9.17, 15) is 8.42 Å². The van der Waals surface area contributed by atoms with Gasteiger partial charge in [0.05, 0.1) is 4.90 Å². The molecule has 1 aliphatic rings. The van der Waals surface area contributed by atoms with Gasteiger partial charge in [-0.3, -0.25) is 0 Å². The largest absolute Gasteiger partial charge is 0.309 e. The fourth-order valence-electron chi connectivity index (χ4n) is 1.74. The van der Waals surface area contributed by atoms with E-state index in [2.05, 4.69) is 5.32 Å². The first kappa shape index (κ1) is 14.0. The lowest BCUT2D eigenvalue weighted by molar-refractivity contribution is 0.468. The van der Waals surface area contributed by atoms with Gasteiger partial charge in [-0.2, -0.15) is 0 Å². The van der Waals surface area contributed by atoms with Crippen LogP contribution in [-0.4, -0.2) is 32.4 Å². The van der Waals surface area contributed by atoms with Gasteiger partial charge in [0.2, 0.25) is 10.0 Å². The van der Waals surface area contributed by atoms with Crippen LogP contribution in [-0.2, 0) is 16.6 Å². The first-order chi connectivity index (χ1) is 8.54. The number of sulfonamides is 1. The Morgan fingerprint density at radius 3 is 2.83 bits per heavy atom. The van der Waals surface area contributed by atoms with Gasteiger partial charge in [0.15, 0.2) is 0 Å². The van der Waals surface area contributed by atoms with Crippen molar-refractivity contribution in [3.8, 4) is 0 Å². The second kappa shape index (κ2) is 5.69. The Balaban J connectivity index is 2.03. The minimum atomic E-state index is -3.29. The SMILES string of the molecule is CCCN(C)S(=O)(=O)c1csc(CNC2CC2)c1. The predicted octanol–water partition coefficient (Wildman–Crippen LogP) is 2.03. The summed E-state index contributed by atoms with van der Waals surface area (Å²) in [5, 5.41) is 5.14. The highest BCUT2D eigenvalue weighted by atomic mass is 32.2. The summed E-state index contributed by atoms with van der Waals surface area (Å²) in [7, 11) is -1.65. The predicted molar refractivity (Wildman–Crippen MR) is 74.3 cm³/mol. The molecular weight excluding hydrogens is 268 g/mol. The number of nitrogens with one attached hydrogen (secondary N) is 1. The lowest BCUT2D eigenvalue weighted by Gasteiger charge is -2.14. The third kappa shape index (κ3) is 3.32. The topological polar surface area (TPSA) is 49.4 Å². The van der Waals surface area contributed by atoms with Crippen molar-refractivity contribution in [1.82, 2.24) is 9.62 Å². The van der Waals surface area contributed by atoms with Crippen molar-refractivity contribution >= 4 is 21.4 Å². The average Bonchev–Trinajstić information content (AvgIpc) is 3.03. The molecular formula is C12H20N2O2S2. The van der Waals surface area contributed by atoms with Gasteiger partial charge in [0.1, 0.15) is 0 Å². The molecule has 0 aliphatic heterocycles. The van der Waals surface area contributed by atoms with Crippen LogP contribution in [0.15, 0.2) is 16.3 Å². The third-order valence-electron chi connectivity index (χ3n) is 3.02. The van der Waals surface area contributed by atoms with E-state index in [1.165, 1.54) is 28.5 Å². The maximum Gasteiger partial charge on any atom is 0.243 e. The van der Waals surface area contributed by atoms with Crippen molar-refractivity contribution in [2.75, 3.05) is 13.6 Å². The van der Waals surface area contributed by atoms with Gasteiger partial charge in [0, 0.05) is 36.4 Å². The normalized spacial score (nSPS) is 16.4. The number of nitrogens with zero attached hydrogens (tertiary/aromatic N) is 1. The lowest BCUT2D eigenvalue weighted by atomic mass is 10.4. The molecule has 0 saturated heterocycles. The maximum absolute atomic E-state index is 12.2. The van der Waals surface area contributed by atoms with E-state index in [0.717, 1.165) is 17.8 Å². The first-order valence-electron chi connectivity index (χ1n) is 6.31. The van der Waals surface area contributed by atoms with Crippen molar-refractivity contribution in [3.63, 3.8) is 0 Å².